The van der Waals surface area contributed by atoms with Gasteiger partial charge < -0.3 is 14.7 Å². The molecule has 122 valence electrons. The fraction of sp³-hybridized carbons (Fsp3) is 0.611. The molecule has 1 saturated heterocycles. The van der Waals surface area contributed by atoms with Crippen molar-refractivity contribution in [3.63, 3.8) is 0 Å². The van der Waals surface area contributed by atoms with Crippen molar-refractivity contribution < 1.29 is 14.6 Å². The third kappa shape index (κ3) is 4.73. The van der Waals surface area contributed by atoms with Gasteiger partial charge in [-0.1, -0.05) is 32.9 Å². The number of ether oxygens (including phenoxy) is 1. The number of likely N-dealkylation sites (tertiary alicyclic amines) is 1. The van der Waals surface area contributed by atoms with E-state index in [1.54, 1.807) is 0 Å². The molecule has 0 bridgehead atoms. The second-order valence-electron chi connectivity index (χ2n) is 6.99. The molecule has 4 nitrogen and oxygen atoms in total. The summed E-state index contributed by atoms with van der Waals surface area (Å²) < 4.78 is 5.73. The lowest BCUT2D eigenvalue weighted by Gasteiger charge is -2.29. The Morgan fingerprint density at radius 3 is 2.64 bits per heavy atom. The van der Waals surface area contributed by atoms with Crippen LogP contribution in [0.25, 0.3) is 0 Å². The third-order valence-corrected chi connectivity index (χ3v) is 4.10. The first kappa shape index (κ1) is 16.8. The highest BCUT2D eigenvalue weighted by Gasteiger charge is 2.21. The van der Waals surface area contributed by atoms with Gasteiger partial charge in [0.25, 0.3) is 0 Å². The summed E-state index contributed by atoms with van der Waals surface area (Å²) in [6, 6.07) is 8.06. The number of aliphatic hydroxyl groups is 1. The summed E-state index contributed by atoms with van der Waals surface area (Å²) in [4.78, 5) is 13.9. The SMILES string of the molecule is CC(C)(C)c1cccc(OCCC(=O)N2CCC(O)CC2)c1. The third-order valence-electron chi connectivity index (χ3n) is 4.10. The van der Waals surface area contributed by atoms with Crippen LogP contribution in [0.5, 0.6) is 5.75 Å². The Morgan fingerprint density at radius 1 is 1.32 bits per heavy atom. The number of rotatable bonds is 4. The average Bonchev–Trinajstić information content (AvgIpc) is 2.47. The van der Waals surface area contributed by atoms with Crippen molar-refractivity contribution in [2.24, 2.45) is 0 Å². The van der Waals surface area contributed by atoms with Crippen LogP contribution >= 0.6 is 0 Å². The van der Waals surface area contributed by atoms with Gasteiger partial charge in [-0.15, -0.1) is 0 Å². The maximum Gasteiger partial charge on any atom is 0.226 e. The molecular formula is C18H27NO3. The molecule has 4 heteroatoms. The number of carbonyl (C=O) groups is 1. The van der Waals surface area contributed by atoms with E-state index in [2.05, 4.69) is 26.8 Å². The van der Waals surface area contributed by atoms with Gasteiger partial charge in [-0.3, -0.25) is 4.79 Å². The highest BCUT2D eigenvalue weighted by atomic mass is 16.5. The Kier molecular flexibility index (Phi) is 5.46. The van der Waals surface area contributed by atoms with Crippen molar-refractivity contribution in [3.8, 4) is 5.75 Å². The Morgan fingerprint density at radius 2 is 2.00 bits per heavy atom. The molecule has 2 rings (SSSR count). The van der Waals surface area contributed by atoms with Crippen LogP contribution in [0.1, 0.15) is 45.6 Å². The van der Waals surface area contributed by atoms with E-state index >= 15 is 0 Å². The summed E-state index contributed by atoms with van der Waals surface area (Å²) in [5.41, 5.74) is 1.31. The molecule has 0 unspecified atom stereocenters. The van der Waals surface area contributed by atoms with Crippen LogP contribution in [0.15, 0.2) is 24.3 Å². The Hall–Kier alpha value is -1.55. The first-order valence-electron chi connectivity index (χ1n) is 8.05. The number of piperidine rings is 1. The van der Waals surface area contributed by atoms with Crippen molar-refractivity contribution >= 4 is 5.91 Å². The van der Waals surface area contributed by atoms with Gasteiger partial charge in [0.05, 0.1) is 19.1 Å². The van der Waals surface area contributed by atoms with Crippen LogP contribution in [0.2, 0.25) is 0 Å². The average molecular weight is 305 g/mol. The lowest BCUT2D eigenvalue weighted by Crippen LogP contribution is -2.40. The van der Waals surface area contributed by atoms with Gasteiger partial charge in [-0.25, -0.2) is 0 Å². The Labute approximate surface area is 133 Å². The normalized spacial score (nSPS) is 16.6. The summed E-state index contributed by atoms with van der Waals surface area (Å²) in [5.74, 6) is 0.924. The van der Waals surface area contributed by atoms with Crippen LogP contribution in [0, 0.1) is 0 Å². The molecule has 0 aliphatic carbocycles. The van der Waals surface area contributed by atoms with Crippen LogP contribution in [0.3, 0.4) is 0 Å². The molecule has 1 heterocycles. The van der Waals surface area contributed by atoms with E-state index in [4.69, 9.17) is 4.74 Å². The molecule has 1 N–H and O–H groups in total. The highest BCUT2D eigenvalue weighted by Crippen LogP contribution is 2.25. The molecule has 1 amide bonds. The second kappa shape index (κ2) is 7.14. The smallest absolute Gasteiger partial charge is 0.226 e. The van der Waals surface area contributed by atoms with Gasteiger partial charge in [-0.05, 0) is 36.0 Å². The molecule has 1 aromatic carbocycles. The molecule has 1 aliphatic heterocycles. The number of benzene rings is 1. The van der Waals surface area contributed by atoms with Crippen molar-refractivity contribution in [1.29, 1.82) is 0 Å². The largest absolute Gasteiger partial charge is 0.493 e. The molecule has 22 heavy (non-hydrogen) atoms. The number of hydrogen-bond acceptors (Lipinski definition) is 3. The quantitative estimate of drug-likeness (QED) is 0.930. The highest BCUT2D eigenvalue weighted by molar-refractivity contribution is 5.76. The topological polar surface area (TPSA) is 49.8 Å². The molecule has 1 aliphatic rings. The molecule has 0 spiro atoms. The maximum absolute atomic E-state index is 12.1. The van der Waals surface area contributed by atoms with E-state index in [9.17, 15) is 9.90 Å². The van der Waals surface area contributed by atoms with Gasteiger partial charge in [0.1, 0.15) is 5.75 Å². The zero-order chi connectivity index (χ0) is 16.2. The second-order valence-corrected chi connectivity index (χ2v) is 6.99. The summed E-state index contributed by atoms with van der Waals surface area (Å²) in [6.45, 7) is 8.20. The van der Waals surface area contributed by atoms with Gasteiger partial charge in [0, 0.05) is 13.1 Å². The van der Waals surface area contributed by atoms with E-state index in [1.165, 1.54) is 5.56 Å². The van der Waals surface area contributed by atoms with E-state index in [0.29, 0.717) is 39.0 Å². The summed E-state index contributed by atoms with van der Waals surface area (Å²) in [6.07, 6.45) is 1.50. The lowest BCUT2D eigenvalue weighted by atomic mass is 9.87. The number of carbonyl (C=O) groups excluding carboxylic acids is 1. The first-order chi connectivity index (χ1) is 10.4. The molecule has 1 fully saturated rings. The van der Waals surface area contributed by atoms with Crippen LogP contribution in [-0.4, -0.2) is 41.7 Å². The van der Waals surface area contributed by atoms with Crippen LogP contribution in [0.4, 0.5) is 0 Å². The molecule has 0 saturated carbocycles. The summed E-state index contributed by atoms with van der Waals surface area (Å²) in [5, 5.41) is 9.46. The van der Waals surface area contributed by atoms with E-state index in [-0.39, 0.29) is 17.4 Å². The van der Waals surface area contributed by atoms with Crippen LogP contribution in [-0.2, 0) is 10.2 Å². The number of amides is 1. The molecule has 0 radical (unpaired) electrons. The van der Waals surface area contributed by atoms with Crippen LogP contribution < -0.4 is 4.74 Å². The van der Waals surface area contributed by atoms with E-state index < -0.39 is 0 Å². The fourth-order valence-electron chi connectivity index (χ4n) is 2.58. The first-order valence-corrected chi connectivity index (χ1v) is 8.05. The molecular weight excluding hydrogens is 278 g/mol. The minimum absolute atomic E-state index is 0.0871. The maximum atomic E-state index is 12.1. The minimum Gasteiger partial charge on any atom is -0.493 e. The minimum atomic E-state index is -0.250. The van der Waals surface area contributed by atoms with E-state index in [0.717, 1.165) is 5.75 Å². The summed E-state index contributed by atoms with van der Waals surface area (Å²) >= 11 is 0. The Bertz CT molecular complexity index is 499. The van der Waals surface area contributed by atoms with Crippen molar-refractivity contribution in [2.75, 3.05) is 19.7 Å². The zero-order valence-electron chi connectivity index (χ0n) is 13.8. The fourth-order valence-corrected chi connectivity index (χ4v) is 2.58. The summed E-state index contributed by atoms with van der Waals surface area (Å²) in [7, 11) is 0. The zero-order valence-corrected chi connectivity index (χ0v) is 13.8. The van der Waals surface area contributed by atoms with Crippen molar-refractivity contribution in [3.05, 3.63) is 29.8 Å². The standard InChI is InChI=1S/C18H27NO3/c1-18(2,3)14-5-4-6-16(13-14)22-12-9-17(21)19-10-7-15(20)8-11-19/h4-6,13,15,20H,7-12H2,1-3H3. The van der Waals surface area contributed by atoms with E-state index in [1.807, 2.05) is 23.1 Å². The van der Waals surface area contributed by atoms with Crippen molar-refractivity contribution in [1.82, 2.24) is 4.90 Å². The number of nitrogens with zero attached hydrogens (tertiary/aromatic N) is 1. The number of aliphatic hydroxyl groups excluding tert-OH is 1. The predicted molar refractivity (Wildman–Crippen MR) is 87.1 cm³/mol. The number of hydrogen-bond donors (Lipinski definition) is 1. The molecule has 1 aromatic rings. The lowest BCUT2D eigenvalue weighted by molar-refractivity contribution is -0.133. The van der Waals surface area contributed by atoms with Gasteiger partial charge in [0.2, 0.25) is 5.91 Å². The molecule has 0 atom stereocenters. The van der Waals surface area contributed by atoms with Gasteiger partial charge in [0.15, 0.2) is 0 Å². The molecule has 0 aromatic heterocycles. The van der Waals surface area contributed by atoms with Gasteiger partial charge in [-0.2, -0.15) is 0 Å². The Balaban J connectivity index is 1.80. The predicted octanol–water partition coefficient (Wildman–Crippen LogP) is 2.74. The monoisotopic (exact) mass is 305 g/mol. The van der Waals surface area contributed by atoms with Gasteiger partial charge >= 0.3 is 0 Å². The van der Waals surface area contributed by atoms with Crippen molar-refractivity contribution in [2.45, 2.75) is 51.6 Å².